The average Bonchev–Trinajstić information content (AvgIpc) is 3.10. The summed E-state index contributed by atoms with van der Waals surface area (Å²) in [6.45, 7) is 4.03. The number of rotatable bonds is 9. The number of hydrogen-bond donors (Lipinski definition) is 2. The zero-order valence-corrected chi connectivity index (χ0v) is 17.4. The van der Waals surface area contributed by atoms with Crippen LogP contribution in [0, 0.1) is 17.8 Å². The van der Waals surface area contributed by atoms with Crippen LogP contribution < -0.4 is 0 Å². The molecule has 1 amide bonds. The van der Waals surface area contributed by atoms with E-state index < -0.39 is 5.60 Å². The predicted molar refractivity (Wildman–Crippen MR) is 110 cm³/mol. The highest BCUT2D eigenvalue weighted by atomic mass is 16.3. The summed E-state index contributed by atoms with van der Waals surface area (Å²) in [4.78, 5) is 13.3. The molecular weight excluding hydrogens is 338 g/mol. The lowest BCUT2D eigenvalue weighted by Crippen LogP contribution is -2.23. The van der Waals surface area contributed by atoms with E-state index in [9.17, 15) is 15.0 Å². The van der Waals surface area contributed by atoms with Crippen molar-refractivity contribution in [3.63, 3.8) is 0 Å². The van der Waals surface area contributed by atoms with Gasteiger partial charge in [-0.1, -0.05) is 55.7 Å². The lowest BCUT2D eigenvalue weighted by molar-refractivity contribution is -0.127. The monoisotopic (exact) mass is 375 g/mol. The zero-order chi connectivity index (χ0) is 20.0. The lowest BCUT2D eigenvalue weighted by atomic mass is 9.88. The van der Waals surface area contributed by atoms with Crippen LogP contribution in [0.15, 0.2) is 36.0 Å². The van der Waals surface area contributed by atoms with E-state index >= 15 is 0 Å². The van der Waals surface area contributed by atoms with E-state index in [1.807, 2.05) is 13.0 Å². The molecule has 152 valence electrons. The van der Waals surface area contributed by atoms with E-state index in [0.29, 0.717) is 24.7 Å². The molecule has 2 N–H and O–H groups in total. The topological polar surface area (TPSA) is 60.8 Å². The van der Waals surface area contributed by atoms with E-state index in [2.05, 4.69) is 31.2 Å². The van der Waals surface area contributed by atoms with Crippen LogP contribution in [0.1, 0.15) is 58.8 Å². The molecule has 4 nitrogen and oxygen atoms in total. The molecular formula is C23H37NO3. The minimum Gasteiger partial charge on any atom is -0.392 e. The Hall–Kier alpha value is -1.39. The van der Waals surface area contributed by atoms with Crippen molar-refractivity contribution >= 4 is 5.91 Å². The standard InChI is InChI=1S/C23H37NO3/c1-5-6-12-23(2,27)13-8-10-19-20-15-17(14-18(20)16-21(19)25)9-7-11-22(26)24(3)4/h7-10,14,18-21,25,27H,5-6,11-13,15-16H2,1-4H3/t18-,19+,20-,21+,23-/m0/s1. The molecule has 5 atom stereocenters. The smallest absolute Gasteiger partial charge is 0.225 e. The molecule has 0 spiro atoms. The third-order valence-electron chi connectivity index (χ3n) is 6.01. The van der Waals surface area contributed by atoms with Gasteiger partial charge in [0.1, 0.15) is 0 Å². The average molecular weight is 376 g/mol. The molecule has 2 rings (SSSR count). The summed E-state index contributed by atoms with van der Waals surface area (Å²) in [5.74, 6) is 1.11. The Balaban J connectivity index is 1.89. The Bertz CT molecular complexity index is 588. The fourth-order valence-corrected chi connectivity index (χ4v) is 4.30. The second kappa shape index (κ2) is 9.70. The number of aliphatic hydroxyl groups is 2. The number of nitrogens with zero attached hydrogens (tertiary/aromatic N) is 1. The minimum absolute atomic E-state index is 0.108. The number of allylic oxidation sites excluding steroid dienone is 3. The van der Waals surface area contributed by atoms with Crippen LogP contribution in [-0.4, -0.2) is 46.8 Å². The Morgan fingerprint density at radius 2 is 2.11 bits per heavy atom. The van der Waals surface area contributed by atoms with Crippen LogP contribution in [0.5, 0.6) is 0 Å². The van der Waals surface area contributed by atoms with Gasteiger partial charge in [-0.3, -0.25) is 4.79 Å². The zero-order valence-electron chi connectivity index (χ0n) is 17.4. The summed E-state index contributed by atoms with van der Waals surface area (Å²) < 4.78 is 0. The van der Waals surface area contributed by atoms with Crippen LogP contribution in [0.25, 0.3) is 0 Å². The van der Waals surface area contributed by atoms with Crippen LogP contribution in [0.2, 0.25) is 0 Å². The third kappa shape index (κ3) is 6.32. The fourth-order valence-electron chi connectivity index (χ4n) is 4.30. The molecule has 1 fully saturated rings. The van der Waals surface area contributed by atoms with Gasteiger partial charge in [-0.15, -0.1) is 0 Å². The number of unbranched alkanes of at least 4 members (excludes halogenated alkanes) is 1. The number of carbonyl (C=O) groups excluding carboxylic acids is 1. The summed E-state index contributed by atoms with van der Waals surface area (Å²) in [6.07, 6.45) is 16.0. The Labute approximate surface area is 164 Å². The van der Waals surface area contributed by atoms with Gasteiger partial charge in [0.15, 0.2) is 0 Å². The summed E-state index contributed by atoms with van der Waals surface area (Å²) in [5.41, 5.74) is 0.618. The molecule has 4 heteroatoms. The van der Waals surface area contributed by atoms with Gasteiger partial charge >= 0.3 is 0 Å². The fraction of sp³-hybridized carbons (Fsp3) is 0.696. The molecule has 27 heavy (non-hydrogen) atoms. The second-order valence-electron chi connectivity index (χ2n) is 8.78. The van der Waals surface area contributed by atoms with Crippen molar-refractivity contribution in [1.82, 2.24) is 4.90 Å². The van der Waals surface area contributed by atoms with E-state index in [-0.39, 0.29) is 17.9 Å². The van der Waals surface area contributed by atoms with Crippen molar-refractivity contribution in [3.8, 4) is 0 Å². The van der Waals surface area contributed by atoms with Gasteiger partial charge in [0, 0.05) is 26.4 Å². The molecule has 0 aromatic carbocycles. The maximum atomic E-state index is 11.7. The van der Waals surface area contributed by atoms with Crippen molar-refractivity contribution in [1.29, 1.82) is 0 Å². The van der Waals surface area contributed by atoms with E-state index in [4.69, 9.17) is 0 Å². The number of fused-ring (bicyclic) bond motifs is 1. The molecule has 0 heterocycles. The molecule has 2 aliphatic rings. The van der Waals surface area contributed by atoms with E-state index in [0.717, 1.165) is 32.1 Å². The summed E-state index contributed by atoms with van der Waals surface area (Å²) in [5, 5.41) is 20.9. The molecule has 0 bridgehead atoms. The van der Waals surface area contributed by atoms with Gasteiger partial charge < -0.3 is 15.1 Å². The first kappa shape index (κ1) is 21.9. The molecule has 0 saturated heterocycles. The first-order valence-electron chi connectivity index (χ1n) is 10.4. The van der Waals surface area contributed by atoms with Crippen LogP contribution in [-0.2, 0) is 4.79 Å². The van der Waals surface area contributed by atoms with Crippen molar-refractivity contribution in [2.45, 2.75) is 70.5 Å². The van der Waals surface area contributed by atoms with Gasteiger partial charge in [0.25, 0.3) is 0 Å². The number of amides is 1. The summed E-state index contributed by atoms with van der Waals surface area (Å²) >= 11 is 0. The van der Waals surface area contributed by atoms with Gasteiger partial charge in [-0.2, -0.15) is 0 Å². The second-order valence-corrected chi connectivity index (χ2v) is 8.78. The predicted octanol–water partition coefficient (Wildman–Crippen LogP) is 3.85. The normalized spacial score (nSPS) is 29.9. The van der Waals surface area contributed by atoms with E-state index in [1.165, 1.54) is 5.57 Å². The largest absolute Gasteiger partial charge is 0.392 e. The lowest BCUT2D eigenvalue weighted by Gasteiger charge is -2.22. The maximum absolute atomic E-state index is 11.7. The SMILES string of the molecule is CCCC[C@](C)(O)CC=C[C@@H]1[C@H]2CC(C=CCC(=O)N(C)C)=C[C@H]2C[C@H]1O. The highest BCUT2D eigenvalue weighted by molar-refractivity contribution is 5.77. The van der Waals surface area contributed by atoms with Gasteiger partial charge in [0.2, 0.25) is 5.91 Å². The van der Waals surface area contributed by atoms with Crippen molar-refractivity contribution < 1.29 is 15.0 Å². The molecule has 1 saturated carbocycles. The van der Waals surface area contributed by atoms with E-state index in [1.54, 1.807) is 19.0 Å². The molecule has 0 aromatic rings. The van der Waals surface area contributed by atoms with Crippen molar-refractivity contribution in [2.24, 2.45) is 17.8 Å². The van der Waals surface area contributed by atoms with Crippen molar-refractivity contribution in [3.05, 3.63) is 36.0 Å². The van der Waals surface area contributed by atoms with Gasteiger partial charge in [-0.05, 0) is 44.4 Å². The first-order chi connectivity index (χ1) is 12.7. The number of aliphatic hydroxyl groups excluding tert-OH is 1. The molecule has 0 radical (unpaired) electrons. The Kier molecular flexibility index (Phi) is 7.87. The Morgan fingerprint density at radius 1 is 1.37 bits per heavy atom. The number of carbonyl (C=O) groups is 1. The van der Waals surface area contributed by atoms with Crippen LogP contribution in [0.4, 0.5) is 0 Å². The summed E-state index contributed by atoms with van der Waals surface area (Å²) in [7, 11) is 3.54. The number of hydrogen-bond acceptors (Lipinski definition) is 3. The van der Waals surface area contributed by atoms with Gasteiger partial charge in [0.05, 0.1) is 11.7 Å². The Morgan fingerprint density at radius 3 is 2.78 bits per heavy atom. The van der Waals surface area contributed by atoms with Crippen molar-refractivity contribution in [2.75, 3.05) is 14.1 Å². The highest BCUT2D eigenvalue weighted by Gasteiger charge is 2.42. The highest BCUT2D eigenvalue weighted by Crippen LogP contribution is 2.47. The molecule has 0 aliphatic heterocycles. The van der Waals surface area contributed by atoms with Crippen LogP contribution >= 0.6 is 0 Å². The van der Waals surface area contributed by atoms with Gasteiger partial charge in [-0.25, -0.2) is 0 Å². The summed E-state index contributed by atoms with van der Waals surface area (Å²) in [6, 6.07) is 0. The first-order valence-corrected chi connectivity index (χ1v) is 10.4. The quantitative estimate of drug-likeness (QED) is 0.602. The minimum atomic E-state index is -0.656. The molecule has 0 unspecified atom stereocenters. The van der Waals surface area contributed by atoms with Crippen LogP contribution in [0.3, 0.4) is 0 Å². The maximum Gasteiger partial charge on any atom is 0.225 e. The third-order valence-corrected chi connectivity index (χ3v) is 6.01. The molecule has 0 aromatic heterocycles. The molecule has 2 aliphatic carbocycles.